The maximum atomic E-state index is 11.6. The Morgan fingerprint density at radius 2 is 2.11 bits per heavy atom. The van der Waals surface area contributed by atoms with Crippen LogP contribution < -0.4 is 10.6 Å². The molecule has 0 aliphatic rings. The normalized spacial score (nSPS) is 11.4. The number of carbonyl (C=O) groups excluding carboxylic acids is 1. The van der Waals surface area contributed by atoms with Gasteiger partial charge in [-0.3, -0.25) is 0 Å². The maximum Gasteiger partial charge on any atom is 0.326 e. The summed E-state index contributed by atoms with van der Waals surface area (Å²) in [6.07, 6.45) is 1.61. The lowest BCUT2D eigenvalue weighted by Crippen LogP contribution is -2.42. The first-order chi connectivity index (χ1) is 8.54. The lowest BCUT2D eigenvalue weighted by molar-refractivity contribution is -0.139. The van der Waals surface area contributed by atoms with Crippen molar-refractivity contribution < 1.29 is 14.7 Å². The molecule has 0 spiro atoms. The van der Waals surface area contributed by atoms with E-state index in [-0.39, 0.29) is 6.42 Å². The molecule has 6 heteroatoms. The molecule has 0 saturated heterocycles. The van der Waals surface area contributed by atoms with Crippen molar-refractivity contribution in [2.75, 3.05) is 5.32 Å². The van der Waals surface area contributed by atoms with Gasteiger partial charge in [0.2, 0.25) is 0 Å². The molecule has 3 N–H and O–H groups in total. The van der Waals surface area contributed by atoms with Crippen LogP contribution in [0.3, 0.4) is 0 Å². The highest BCUT2D eigenvalue weighted by molar-refractivity contribution is 9.10. The van der Waals surface area contributed by atoms with Gasteiger partial charge in [-0.1, -0.05) is 18.2 Å². The molecule has 1 unspecified atom stereocenters. The molecule has 0 aliphatic carbocycles. The summed E-state index contributed by atoms with van der Waals surface area (Å²) in [6, 6.07) is 5.49. The van der Waals surface area contributed by atoms with Crippen molar-refractivity contribution in [1.82, 2.24) is 5.32 Å². The fraction of sp³-hybridized carbons (Fsp3) is 0.167. The molecule has 0 radical (unpaired) electrons. The van der Waals surface area contributed by atoms with Crippen molar-refractivity contribution in [3.05, 3.63) is 41.4 Å². The van der Waals surface area contributed by atoms with Crippen LogP contribution in [-0.2, 0) is 4.79 Å². The predicted octanol–water partition coefficient (Wildman–Crippen LogP) is 2.60. The van der Waals surface area contributed by atoms with Gasteiger partial charge in [0.15, 0.2) is 0 Å². The van der Waals surface area contributed by atoms with Crippen LogP contribution in [0.15, 0.2) is 41.4 Å². The van der Waals surface area contributed by atoms with E-state index in [4.69, 9.17) is 5.11 Å². The lowest BCUT2D eigenvalue weighted by atomic mass is 10.2. The van der Waals surface area contributed by atoms with Gasteiger partial charge in [-0.2, -0.15) is 0 Å². The average Bonchev–Trinajstić information content (AvgIpc) is 2.31. The summed E-state index contributed by atoms with van der Waals surface area (Å²) < 4.78 is 0.718. The summed E-state index contributed by atoms with van der Waals surface area (Å²) in [5, 5.41) is 13.8. The number of urea groups is 1. The summed E-state index contributed by atoms with van der Waals surface area (Å²) >= 11 is 3.28. The zero-order chi connectivity index (χ0) is 13.5. The molecule has 1 aromatic rings. The smallest absolute Gasteiger partial charge is 0.326 e. The number of amides is 2. The van der Waals surface area contributed by atoms with Crippen LogP contribution >= 0.6 is 15.9 Å². The third-order valence-electron chi connectivity index (χ3n) is 2.13. The van der Waals surface area contributed by atoms with Crippen LogP contribution in [-0.4, -0.2) is 23.1 Å². The summed E-state index contributed by atoms with van der Waals surface area (Å²) in [6.45, 7) is 3.45. The number of hydrogen-bond donors (Lipinski definition) is 3. The van der Waals surface area contributed by atoms with Gasteiger partial charge in [0.05, 0.1) is 5.69 Å². The molecular formula is C12H13BrN2O3. The van der Waals surface area contributed by atoms with Crippen molar-refractivity contribution in [2.24, 2.45) is 0 Å². The maximum absolute atomic E-state index is 11.6. The van der Waals surface area contributed by atoms with Gasteiger partial charge in [-0.15, -0.1) is 6.58 Å². The van der Waals surface area contributed by atoms with Gasteiger partial charge in [0.25, 0.3) is 0 Å². The summed E-state index contributed by atoms with van der Waals surface area (Å²) in [4.78, 5) is 22.5. The van der Waals surface area contributed by atoms with E-state index in [1.54, 1.807) is 18.2 Å². The van der Waals surface area contributed by atoms with E-state index in [9.17, 15) is 9.59 Å². The molecule has 0 bridgehead atoms. The largest absolute Gasteiger partial charge is 0.480 e. The van der Waals surface area contributed by atoms with Crippen molar-refractivity contribution in [2.45, 2.75) is 12.5 Å². The Bertz CT molecular complexity index is 462. The second-order valence-corrected chi connectivity index (χ2v) is 4.35. The Morgan fingerprint density at radius 1 is 1.44 bits per heavy atom. The van der Waals surface area contributed by atoms with Crippen LogP contribution in [0.5, 0.6) is 0 Å². The number of aliphatic carboxylic acids is 1. The molecule has 5 nitrogen and oxygen atoms in total. The van der Waals surface area contributed by atoms with E-state index < -0.39 is 18.0 Å². The Labute approximate surface area is 113 Å². The van der Waals surface area contributed by atoms with E-state index >= 15 is 0 Å². The van der Waals surface area contributed by atoms with Gasteiger partial charge in [0.1, 0.15) is 6.04 Å². The van der Waals surface area contributed by atoms with E-state index in [0.717, 1.165) is 4.47 Å². The van der Waals surface area contributed by atoms with Gasteiger partial charge in [0, 0.05) is 4.47 Å². The monoisotopic (exact) mass is 312 g/mol. The average molecular weight is 313 g/mol. The third-order valence-corrected chi connectivity index (χ3v) is 2.82. The summed E-state index contributed by atoms with van der Waals surface area (Å²) in [5.74, 6) is -1.10. The van der Waals surface area contributed by atoms with Crippen molar-refractivity contribution in [1.29, 1.82) is 0 Å². The highest BCUT2D eigenvalue weighted by Gasteiger charge is 2.18. The molecule has 0 heterocycles. The molecule has 0 saturated carbocycles. The first-order valence-electron chi connectivity index (χ1n) is 5.20. The minimum Gasteiger partial charge on any atom is -0.480 e. The number of para-hydroxylation sites is 1. The molecule has 0 fully saturated rings. The summed E-state index contributed by atoms with van der Waals surface area (Å²) in [7, 11) is 0. The number of rotatable bonds is 5. The molecular weight excluding hydrogens is 300 g/mol. The Balaban J connectivity index is 2.63. The lowest BCUT2D eigenvalue weighted by Gasteiger charge is -2.14. The van der Waals surface area contributed by atoms with Crippen LogP contribution in [0, 0.1) is 0 Å². The number of carbonyl (C=O) groups is 2. The number of halogens is 1. The number of carboxylic acid groups (broad SMARTS) is 1. The quantitative estimate of drug-likeness (QED) is 0.731. The van der Waals surface area contributed by atoms with E-state index in [1.807, 2.05) is 6.07 Å². The molecule has 1 atom stereocenters. The number of hydrogen-bond acceptors (Lipinski definition) is 2. The minimum absolute atomic E-state index is 0.165. The minimum atomic E-state index is -1.10. The van der Waals surface area contributed by atoms with Gasteiger partial charge < -0.3 is 15.7 Å². The van der Waals surface area contributed by atoms with Crippen molar-refractivity contribution in [3.8, 4) is 0 Å². The third kappa shape index (κ3) is 4.21. The van der Waals surface area contributed by atoms with Gasteiger partial charge in [-0.25, -0.2) is 9.59 Å². The van der Waals surface area contributed by atoms with Gasteiger partial charge in [-0.05, 0) is 34.5 Å². The molecule has 18 heavy (non-hydrogen) atoms. The highest BCUT2D eigenvalue weighted by Crippen LogP contribution is 2.20. The number of carboxylic acids is 1. The fourth-order valence-electron chi connectivity index (χ4n) is 1.27. The SMILES string of the molecule is C=CCC(NC(=O)Nc1ccccc1Br)C(=O)O. The first-order valence-corrected chi connectivity index (χ1v) is 5.99. The summed E-state index contributed by atoms with van der Waals surface area (Å²) in [5.41, 5.74) is 0.567. The second kappa shape index (κ2) is 6.80. The second-order valence-electron chi connectivity index (χ2n) is 3.49. The topological polar surface area (TPSA) is 78.4 Å². The van der Waals surface area contributed by atoms with E-state index in [2.05, 4.69) is 33.1 Å². The zero-order valence-corrected chi connectivity index (χ0v) is 11.1. The fourth-order valence-corrected chi connectivity index (χ4v) is 1.65. The molecule has 0 aromatic heterocycles. The molecule has 0 aliphatic heterocycles. The highest BCUT2D eigenvalue weighted by atomic mass is 79.9. The Hall–Kier alpha value is -1.82. The predicted molar refractivity (Wildman–Crippen MR) is 72.5 cm³/mol. The van der Waals surface area contributed by atoms with Crippen LogP contribution in [0.1, 0.15) is 6.42 Å². The van der Waals surface area contributed by atoms with Crippen LogP contribution in [0.2, 0.25) is 0 Å². The Kier molecular flexibility index (Phi) is 5.38. The molecule has 1 rings (SSSR count). The Morgan fingerprint density at radius 3 is 2.67 bits per heavy atom. The zero-order valence-electron chi connectivity index (χ0n) is 9.52. The van der Waals surface area contributed by atoms with Crippen LogP contribution in [0.25, 0.3) is 0 Å². The molecule has 1 aromatic carbocycles. The van der Waals surface area contributed by atoms with E-state index in [1.165, 1.54) is 6.08 Å². The number of anilines is 1. The van der Waals surface area contributed by atoms with E-state index in [0.29, 0.717) is 5.69 Å². The van der Waals surface area contributed by atoms with Crippen molar-refractivity contribution >= 4 is 33.6 Å². The number of benzene rings is 1. The van der Waals surface area contributed by atoms with Gasteiger partial charge >= 0.3 is 12.0 Å². The number of nitrogens with one attached hydrogen (secondary N) is 2. The first kappa shape index (κ1) is 14.2. The molecule has 96 valence electrons. The standard InChI is InChI=1S/C12H13BrN2O3/c1-2-5-10(11(16)17)15-12(18)14-9-7-4-3-6-8(9)13/h2-4,6-7,10H,1,5H2,(H,16,17)(H2,14,15,18). The van der Waals surface area contributed by atoms with Crippen LogP contribution in [0.4, 0.5) is 10.5 Å². The molecule has 2 amide bonds. The van der Waals surface area contributed by atoms with Crippen molar-refractivity contribution in [3.63, 3.8) is 0 Å².